The van der Waals surface area contributed by atoms with E-state index in [2.05, 4.69) is 13.0 Å². The zero-order valence-corrected chi connectivity index (χ0v) is 14.4. The molecule has 2 aliphatic carbocycles. The van der Waals surface area contributed by atoms with E-state index < -0.39 is 23.4 Å². The molecule has 1 atom stereocenters. The van der Waals surface area contributed by atoms with Crippen molar-refractivity contribution in [3.63, 3.8) is 0 Å². The lowest BCUT2D eigenvalue weighted by Crippen LogP contribution is -2.24. The molecule has 0 N–H and O–H groups in total. The van der Waals surface area contributed by atoms with Gasteiger partial charge in [-0.2, -0.15) is 0 Å². The van der Waals surface area contributed by atoms with Crippen molar-refractivity contribution in [3.05, 3.63) is 41.2 Å². The van der Waals surface area contributed by atoms with Gasteiger partial charge in [-0.3, -0.25) is 4.79 Å². The molecule has 3 rings (SSSR count). The van der Waals surface area contributed by atoms with Crippen LogP contribution >= 0.6 is 0 Å². The first kappa shape index (κ1) is 18.0. The summed E-state index contributed by atoms with van der Waals surface area (Å²) in [6.45, 7) is 2.29. The van der Waals surface area contributed by atoms with Gasteiger partial charge in [0.1, 0.15) is 5.75 Å². The van der Waals surface area contributed by atoms with Gasteiger partial charge in [-0.1, -0.05) is 31.4 Å². The van der Waals surface area contributed by atoms with Crippen molar-refractivity contribution in [1.29, 1.82) is 0 Å². The highest BCUT2D eigenvalue weighted by atomic mass is 19.2. The minimum Gasteiger partial charge on any atom is -0.426 e. The molecule has 1 saturated carbocycles. The monoisotopic (exact) mass is 352 g/mol. The van der Waals surface area contributed by atoms with E-state index in [1.807, 2.05) is 0 Å². The van der Waals surface area contributed by atoms with Gasteiger partial charge in [0.2, 0.25) is 0 Å². The summed E-state index contributed by atoms with van der Waals surface area (Å²) in [4.78, 5) is 12.2. The summed E-state index contributed by atoms with van der Waals surface area (Å²) < 4.78 is 44.4. The summed E-state index contributed by atoms with van der Waals surface area (Å²) in [5.41, 5.74) is 1.44. The Morgan fingerprint density at radius 2 is 1.68 bits per heavy atom. The quantitative estimate of drug-likeness (QED) is 0.308. The van der Waals surface area contributed by atoms with Crippen molar-refractivity contribution in [2.24, 2.45) is 17.8 Å². The fourth-order valence-corrected chi connectivity index (χ4v) is 3.86. The minimum absolute atomic E-state index is 0.294. The maximum Gasteiger partial charge on any atom is 0.314 e. The number of benzene rings is 1. The molecule has 0 radical (unpaired) electrons. The van der Waals surface area contributed by atoms with Gasteiger partial charge in [-0.25, -0.2) is 13.2 Å². The van der Waals surface area contributed by atoms with Crippen molar-refractivity contribution in [3.8, 4) is 5.75 Å². The van der Waals surface area contributed by atoms with Crippen LogP contribution in [0.1, 0.15) is 51.9 Å². The molecule has 1 fully saturated rings. The molecule has 5 heteroatoms. The van der Waals surface area contributed by atoms with Gasteiger partial charge in [0, 0.05) is 12.1 Å². The lowest BCUT2D eigenvalue weighted by Gasteiger charge is -2.31. The van der Waals surface area contributed by atoms with Crippen molar-refractivity contribution < 1.29 is 22.7 Å². The van der Waals surface area contributed by atoms with Crippen molar-refractivity contribution in [1.82, 2.24) is 0 Å². The Morgan fingerprint density at radius 1 is 1.04 bits per heavy atom. The molecule has 0 bridgehead atoms. The van der Waals surface area contributed by atoms with Gasteiger partial charge < -0.3 is 4.74 Å². The summed E-state index contributed by atoms with van der Waals surface area (Å²) in [6, 6.07) is 1.40. The van der Waals surface area contributed by atoms with Crippen LogP contribution in [0.3, 0.4) is 0 Å². The first-order valence-corrected chi connectivity index (χ1v) is 8.99. The predicted octanol–water partition coefficient (Wildman–Crippen LogP) is 5.56. The summed E-state index contributed by atoms with van der Waals surface area (Å²) in [5.74, 6) is -3.97. The molecule has 0 amide bonds. The van der Waals surface area contributed by atoms with E-state index in [0.29, 0.717) is 30.9 Å². The highest BCUT2D eigenvalue weighted by Crippen LogP contribution is 2.38. The molecule has 1 aromatic carbocycles. The van der Waals surface area contributed by atoms with Crippen LogP contribution in [0.15, 0.2) is 23.8 Å². The number of hydrogen-bond acceptors (Lipinski definition) is 2. The van der Waals surface area contributed by atoms with Crippen LogP contribution in [0.5, 0.6) is 5.75 Å². The number of hydrogen-bond donors (Lipinski definition) is 0. The fourth-order valence-electron chi connectivity index (χ4n) is 3.86. The molecular weight excluding hydrogens is 329 g/mol. The topological polar surface area (TPSA) is 26.3 Å². The Labute approximate surface area is 146 Å². The predicted molar refractivity (Wildman–Crippen MR) is 88.5 cm³/mol. The van der Waals surface area contributed by atoms with Crippen LogP contribution in [0.4, 0.5) is 13.2 Å². The lowest BCUT2D eigenvalue weighted by atomic mass is 9.75. The van der Waals surface area contributed by atoms with Crippen LogP contribution in [0, 0.1) is 35.2 Å². The molecule has 0 spiro atoms. The zero-order chi connectivity index (χ0) is 18.0. The van der Waals surface area contributed by atoms with Crippen LogP contribution in [0.25, 0.3) is 0 Å². The lowest BCUT2D eigenvalue weighted by molar-refractivity contribution is -0.139. The molecule has 0 saturated heterocycles. The summed E-state index contributed by atoms with van der Waals surface area (Å²) in [7, 11) is 0. The number of rotatable bonds is 3. The van der Waals surface area contributed by atoms with Crippen LogP contribution in [0.2, 0.25) is 0 Å². The summed E-state index contributed by atoms with van der Waals surface area (Å²) in [5, 5.41) is 0. The van der Waals surface area contributed by atoms with Crippen molar-refractivity contribution in [2.75, 3.05) is 0 Å². The van der Waals surface area contributed by atoms with E-state index in [-0.39, 0.29) is 11.7 Å². The second kappa shape index (κ2) is 7.63. The van der Waals surface area contributed by atoms with Gasteiger partial charge in [-0.15, -0.1) is 0 Å². The molecule has 0 aliphatic heterocycles. The van der Waals surface area contributed by atoms with Crippen LogP contribution in [-0.2, 0) is 4.79 Å². The van der Waals surface area contributed by atoms with E-state index in [4.69, 9.17) is 4.74 Å². The van der Waals surface area contributed by atoms with Crippen LogP contribution < -0.4 is 4.74 Å². The SMILES string of the molecule is CC1CCC(C2=CCC(C(=O)Oc3cc(F)c(F)c(F)c3)CC2)CC1. The molecule has 25 heavy (non-hydrogen) atoms. The highest BCUT2D eigenvalue weighted by Gasteiger charge is 2.28. The second-order valence-corrected chi connectivity index (χ2v) is 7.33. The van der Waals surface area contributed by atoms with E-state index in [1.165, 1.54) is 31.3 Å². The van der Waals surface area contributed by atoms with Gasteiger partial charge in [0.15, 0.2) is 17.5 Å². The molecule has 2 nitrogen and oxygen atoms in total. The molecule has 136 valence electrons. The van der Waals surface area contributed by atoms with Crippen molar-refractivity contribution in [2.45, 2.75) is 51.9 Å². The molecule has 0 heterocycles. The van der Waals surface area contributed by atoms with E-state index >= 15 is 0 Å². The Hall–Kier alpha value is -1.78. The highest BCUT2D eigenvalue weighted by molar-refractivity contribution is 5.75. The number of esters is 1. The number of carbonyl (C=O) groups excluding carboxylic acids is 1. The molecule has 1 unspecified atom stereocenters. The van der Waals surface area contributed by atoms with Gasteiger partial charge >= 0.3 is 5.97 Å². The van der Waals surface area contributed by atoms with E-state index in [0.717, 1.165) is 12.3 Å². The third-order valence-electron chi connectivity index (χ3n) is 5.50. The number of ether oxygens (including phenoxy) is 1. The fraction of sp³-hybridized carbons (Fsp3) is 0.550. The van der Waals surface area contributed by atoms with E-state index in [1.54, 1.807) is 0 Å². The second-order valence-electron chi connectivity index (χ2n) is 7.33. The summed E-state index contributed by atoms with van der Waals surface area (Å²) in [6.07, 6.45) is 9.24. The zero-order valence-electron chi connectivity index (χ0n) is 14.4. The van der Waals surface area contributed by atoms with Gasteiger partial charge in [-0.05, 0) is 43.9 Å². The molecule has 1 aromatic rings. The first-order chi connectivity index (χ1) is 11.9. The molecule has 2 aliphatic rings. The van der Waals surface area contributed by atoms with Crippen molar-refractivity contribution >= 4 is 5.97 Å². The van der Waals surface area contributed by atoms with E-state index in [9.17, 15) is 18.0 Å². The van der Waals surface area contributed by atoms with Gasteiger partial charge in [0.25, 0.3) is 0 Å². The first-order valence-electron chi connectivity index (χ1n) is 8.99. The normalized spacial score (nSPS) is 26.9. The Kier molecular flexibility index (Phi) is 5.50. The number of carbonyl (C=O) groups is 1. The number of halogens is 3. The third-order valence-corrected chi connectivity index (χ3v) is 5.50. The Morgan fingerprint density at radius 3 is 2.24 bits per heavy atom. The maximum atomic E-state index is 13.2. The third kappa shape index (κ3) is 4.25. The summed E-state index contributed by atoms with van der Waals surface area (Å²) >= 11 is 0. The standard InChI is InChI=1S/C20H23F3O2/c1-12-2-4-13(5-3-12)14-6-8-15(9-7-14)20(24)25-16-10-17(21)19(23)18(22)11-16/h6,10-13,15H,2-5,7-9H2,1H3. The number of allylic oxidation sites excluding steroid dienone is 2. The smallest absolute Gasteiger partial charge is 0.314 e. The Bertz CT molecular complexity index is 653. The average Bonchev–Trinajstić information content (AvgIpc) is 2.60. The molecule has 0 aromatic heterocycles. The Balaban J connectivity index is 1.58. The molecular formula is C20H23F3O2. The maximum absolute atomic E-state index is 13.2. The van der Waals surface area contributed by atoms with Gasteiger partial charge in [0.05, 0.1) is 5.92 Å². The average molecular weight is 352 g/mol. The largest absolute Gasteiger partial charge is 0.426 e. The van der Waals surface area contributed by atoms with Crippen LogP contribution in [-0.4, -0.2) is 5.97 Å². The minimum atomic E-state index is -1.56.